The molecule has 1 aliphatic rings. The summed E-state index contributed by atoms with van der Waals surface area (Å²) < 4.78 is 5.75. The maximum atomic E-state index is 12.7. The van der Waals surface area contributed by atoms with Crippen LogP contribution in [0.5, 0.6) is 5.75 Å². The zero-order valence-corrected chi connectivity index (χ0v) is 16.4. The molecule has 5 heteroatoms. The first kappa shape index (κ1) is 18.4. The van der Waals surface area contributed by atoms with Crippen molar-refractivity contribution in [1.82, 2.24) is 9.88 Å². The van der Waals surface area contributed by atoms with Gasteiger partial charge in [0.1, 0.15) is 5.75 Å². The van der Waals surface area contributed by atoms with Gasteiger partial charge in [-0.05, 0) is 37.1 Å². The molecule has 0 spiro atoms. The molecule has 0 saturated carbocycles. The number of nitrogens with zero attached hydrogens (tertiary/aromatic N) is 2. The van der Waals surface area contributed by atoms with Crippen LogP contribution in [0.1, 0.15) is 18.9 Å². The van der Waals surface area contributed by atoms with Gasteiger partial charge in [0, 0.05) is 49.7 Å². The molecule has 1 N–H and O–H groups in total. The lowest BCUT2D eigenvalue weighted by molar-refractivity contribution is -0.131. The summed E-state index contributed by atoms with van der Waals surface area (Å²) in [7, 11) is 0. The highest BCUT2D eigenvalue weighted by molar-refractivity contribution is 5.84. The second kappa shape index (κ2) is 8.38. The Hall–Kier alpha value is -2.95. The molecular weight excluding hydrogens is 350 g/mol. The fourth-order valence-electron chi connectivity index (χ4n) is 3.93. The Kier molecular flexibility index (Phi) is 5.51. The number of H-pyrrole nitrogens is 1. The van der Waals surface area contributed by atoms with Crippen molar-refractivity contribution in [1.29, 1.82) is 0 Å². The third-order valence-corrected chi connectivity index (χ3v) is 5.42. The van der Waals surface area contributed by atoms with Crippen molar-refractivity contribution in [2.75, 3.05) is 37.7 Å². The SMILES string of the molecule is CCOc1ccccc1N1CCN(C(=O)CCc2c[nH]c3ccccc23)CC1. The third kappa shape index (κ3) is 3.84. The van der Waals surface area contributed by atoms with Gasteiger partial charge in [-0.15, -0.1) is 0 Å². The average molecular weight is 377 g/mol. The van der Waals surface area contributed by atoms with E-state index in [4.69, 9.17) is 4.74 Å². The van der Waals surface area contributed by atoms with Gasteiger partial charge in [-0.1, -0.05) is 30.3 Å². The predicted octanol–water partition coefficient (Wildman–Crippen LogP) is 3.85. The van der Waals surface area contributed by atoms with Crippen LogP contribution < -0.4 is 9.64 Å². The minimum atomic E-state index is 0.239. The van der Waals surface area contributed by atoms with Crippen LogP contribution in [0.3, 0.4) is 0 Å². The largest absolute Gasteiger partial charge is 0.492 e. The quantitative estimate of drug-likeness (QED) is 0.710. The Morgan fingerprint density at radius 1 is 1.04 bits per heavy atom. The molecule has 1 saturated heterocycles. The van der Waals surface area contributed by atoms with Gasteiger partial charge in [0.05, 0.1) is 12.3 Å². The highest BCUT2D eigenvalue weighted by atomic mass is 16.5. The smallest absolute Gasteiger partial charge is 0.223 e. The van der Waals surface area contributed by atoms with Gasteiger partial charge in [-0.3, -0.25) is 4.79 Å². The van der Waals surface area contributed by atoms with Crippen molar-refractivity contribution in [2.45, 2.75) is 19.8 Å². The second-order valence-corrected chi connectivity index (χ2v) is 7.13. The fraction of sp³-hybridized carbons (Fsp3) is 0.348. The first-order valence-corrected chi connectivity index (χ1v) is 10.1. The number of nitrogens with one attached hydrogen (secondary N) is 1. The maximum Gasteiger partial charge on any atom is 0.223 e. The lowest BCUT2D eigenvalue weighted by atomic mass is 10.1. The van der Waals surface area contributed by atoms with Crippen LogP contribution in [0.2, 0.25) is 0 Å². The van der Waals surface area contributed by atoms with Crippen LogP contribution in [0.4, 0.5) is 5.69 Å². The monoisotopic (exact) mass is 377 g/mol. The molecule has 1 amide bonds. The molecule has 0 aliphatic carbocycles. The van der Waals surface area contributed by atoms with Gasteiger partial charge >= 0.3 is 0 Å². The van der Waals surface area contributed by atoms with Crippen molar-refractivity contribution in [2.24, 2.45) is 0 Å². The van der Waals surface area contributed by atoms with E-state index in [-0.39, 0.29) is 5.91 Å². The molecule has 2 heterocycles. The molecule has 3 aromatic rings. The molecule has 0 radical (unpaired) electrons. The van der Waals surface area contributed by atoms with Crippen LogP contribution in [0.15, 0.2) is 54.7 Å². The Morgan fingerprint density at radius 2 is 1.79 bits per heavy atom. The number of ether oxygens (including phenoxy) is 1. The number of aryl methyl sites for hydroxylation is 1. The van der Waals surface area contributed by atoms with Crippen LogP contribution >= 0.6 is 0 Å². The molecule has 2 aromatic carbocycles. The number of carbonyl (C=O) groups excluding carboxylic acids is 1. The Bertz CT molecular complexity index is 942. The van der Waals surface area contributed by atoms with Gasteiger partial charge < -0.3 is 19.5 Å². The van der Waals surface area contributed by atoms with Crippen molar-refractivity contribution < 1.29 is 9.53 Å². The van der Waals surface area contributed by atoms with Crippen LogP contribution in [0.25, 0.3) is 10.9 Å². The maximum absolute atomic E-state index is 12.7. The van der Waals surface area contributed by atoms with Crippen molar-refractivity contribution in [3.8, 4) is 5.75 Å². The Morgan fingerprint density at radius 3 is 2.61 bits per heavy atom. The summed E-state index contributed by atoms with van der Waals surface area (Å²) in [5, 5.41) is 1.22. The fourth-order valence-corrected chi connectivity index (χ4v) is 3.93. The summed E-state index contributed by atoms with van der Waals surface area (Å²) in [6.45, 7) is 5.84. The minimum absolute atomic E-state index is 0.239. The van der Waals surface area contributed by atoms with Gasteiger partial charge in [-0.25, -0.2) is 0 Å². The number of rotatable bonds is 6. The molecule has 5 nitrogen and oxygen atoms in total. The lowest BCUT2D eigenvalue weighted by Crippen LogP contribution is -2.49. The van der Waals surface area contributed by atoms with E-state index in [0.717, 1.165) is 49.6 Å². The second-order valence-electron chi connectivity index (χ2n) is 7.13. The van der Waals surface area contributed by atoms with Gasteiger partial charge in [0.15, 0.2) is 0 Å². The van der Waals surface area contributed by atoms with E-state index in [9.17, 15) is 4.79 Å². The molecule has 4 rings (SSSR count). The van der Waals surface area contributed by atoms with E-state index < -0.39 is 0 Å². The number of carbonyl (C=O) groups is 1. The van der Waals surface area contributed by atoms with Gasteiger partial charge in [-0.2, -0.15) is 0 Å². The number of amides is 1. The van der Waals surface area contributed by atoms with E-state index in [2.05, 4.69) is 28.1 Å². The molecule has 0 atom stereocenters. The molecule has 146 valence electrons. The van der Waals surface area contributed by atoms with Crippen molar-refractivity contribution in [3.05, 3.63) is 60.3 Å². The molecule has 1 aromatic heterocycles. The summed E-state index contributed by atoms with van der Waals surface area (Å²) in [5.74, 6) is 1.16. The van der Waals surface area contributed by atoms with E-state index in [1.807, 2.05) is 48.4 Å². The topological polar surface area (TPSA) is 48.6 Å². The summed E-state index contributed by atoms with van der Waals surface area (Å²) in [4.78, 5) is 20.3. The van der Waals surface area contributed by atoms with E-state index in [1.165, 1.54) is 10.9 Å². The van der Waals surface area contributed by atoms with E-state index in [0.29, 0.717) is 13.0 Å². The van der Waals surface area contributed by atoms with Crippen molar-refractivity contribution in [3.63, 3.8) is 0 Å². The molecule has 1 aliphatic heterocycles. The number of hydrogen-bond acceptors (Lipinski definition) is 3. The number of hydrogen-bond donors (Lipinski definition) is 1. The number of aromatic nitrogens is 1. The molecule has 0 bridgehead atoms. The highest BCUT2D eigenvalue weighted by Crippen LogP contribution is 2.29. The molecule has 0 unspecified atom stereocenters. The zero-order valence-electron chi connectivity index (χ0n) is 16.4. The van der Waals surface area contributed by atoms with Crippen LogP contribution in [-0.4, -0.2) is 48.6 Å². The number of benzene rings is 2. The summed E-state index contributed by atoms with van der Waals surface area (Å²) in [6, 6.07) is 16.4. The summed E-state index contributed by atoms with van der Waals surface area (Å²) in [5.41, 5.74) is 3.47. The number of aromatic amines is 1. The standard InChI is InChI=1S/C23H27N3O2/c1-2-28-22-10-6-5-9-21(22)25-13-15-26(16-14-25)23(27)12-11-18-17-24-20-8-4-3-7-19(18)20/h3-10,17,24H,2,11-16H2,1H3. The zero-order chi connectivity index (χ0) is 19.3. The number of anilines is 1. The number of fused-ring (bicyclic) bond motifs is 1. The van der Waals surface area contributed by atoms with Crippen LogP contribution in [0, 0.1) is 0 Å². The van der Waals surface area contributed by atoms with Gasteiger partial charge in [0.2, 0.25) is 5.91 Å². The Balaban J connectivity index is 1.33. The summed E-state index contributed by atoms with van der Waals surface area (Å²) in [6.07, 6.45) is 3.36. The highest BCUT2D eigenvalue weighted by Gasteiger charge is 2.22. The predicted molar refractivity (Wildman–Crippen MR) is 113 cm³/mol. The summed E-state index contributed by atoms with van der Waals surface area (Å²) >= 11 is 0. The number of piperazine rings is 1. The van der Waals surface area contributed by atoms with E-state index >= 15 is 0 Å². The molecule has 1 fully saturated rings. The number of para-hydroxylation sites is 3. The molecular formula is C23H27N3O2. The molecule has 28 heavy (non-hydrogen) atoms. The van der Waals surface area contributed by atoms with Gasteiger partial charge in [0.25, 0.3) is 0 Å². The van der Waals surface area contributed by atoms with Crippen molar-refractivity contribution >= 4 is 22.5 Å². The first-order chi connectivity index (χ1) is 13.8. The normalized spacial score (nSPS) is 14.5. The third-order valence-electron chi connectivity index (χ3n) is 5.42. The Labute approximate surface area is 165 Å². The van der Waals surface area contributed by atoms with Crippen LogP contribution in [-0.2, 0) is 11.2 Å². The first-order valence-electron chi connectivity index (χ1n) is 10.1. The van der Waals surface area contributed by atoms with E-state index in [1.54, 1.807) is 0 Å². The lowest BCUT2D eigenvalue weighted by Gasteiger charge is -2.36. The minimum Gasteiger partial charge on any atom is -0.492 e. The average Bonchev–Trinajstić information content (AvgIpc) is 3.16.